The molecular formula is C13H17NO3S2. The summed E-state index contributed by atoms with van der Waals surface area (Å²) in [7, 11) is 0. The van der Waals surface area contributed by atoms with Gasteiger partial charge in [-0.15, -0.1) is 23.1 Å². The molecule has 1 N–H and O–H groups in total. The Balaban J connectivity index is 2.16. The molecule has 6 heteroatoms. The summed E-state index contributed by atoms with van der Waals surface area (Å²) in [5.74, 6) is -1.04. The standard InChI is InChI=1S/C13H17NO3S2/c1-8-5-9(13(16)17)7-14(6-8)12(15)11-10(18-2)3-4-19-11/h3-4,8-9H,5-7H2,1-2H3,(H,16,17). The molecule has 0 aromatic carbocycles. The number of hydrogen-bond acceptors (Lipinski definition) is 4. The first-order valence-corrected chi connectivity index (χ1v) is 8.27. The highest BCUT2D eigenvalue weighted by atomic mass is 32.2. The van der Waals surface area contributed by atoms with E-state index in [1.54, 1.807) is 16.7 Å². The van der Waals surface area contributed by atoms with Gasteiger partial charge in [-0.2, -0.15) is 0 Å². The monoisotopic (exact) mass is 299 g/mol. The van der Waals surface area contributed by atoms with E-state index in [-0.39, 0.29) is 11.8 Å². The molecule has 104 valence electrons. The lowest BCUT2D eigenvalue weighted by Gasteiger charge is -2.34. The van der Waals surface area contributed by atoms with Gasteiger partial charge in [-0.05, 0) is 30.0 Å². The molecule has 0 radical (unpaired) electrons. The van der Waals surface area contributed by atoms with Crippen molar-refractivity contribution >= 4 is 35.0 Å². The summed E-state index contributed by atoms with van der Waals surface area (Å²) < 4.78 is 0. The Morgan fingerprint density at radius 2 is 2.21 bits per heavy atom. The van der Waals surface area contributed by atoms with Crippen molar-refractivity contribution in [3.63, 3.8) is 0 Å². The lowest BCUT2D eigenvalue weighted by Crippen LogP contribution is -2.45. The number of rotatable bonds is 3. The van der Waals surface area contributed by atoms with Crippen LogP contribution < -0.4 is 0 Å². The van der Waals surface area contributed by atoms with E-state index >= 15 is 0 Å². The average Bonchev–Trinajstić information content (AvgIpc) is 2.85. The predicted octanol–water partition coefficient (Wildman–Crippen LogP) is 2.65. The second-order valence-electron chi connectivity index (χ2n) is 4.90. The number of hydrogen-bond donors (Lipinski definition) is 1. The van der Waals surface area contributed by atoms with Gasteiger partial charge in [0.15, 0.2) is 0 Å². The van der Waals surface area contributed by atoms with Gasteiger partial charge in [0.1, 0.15) is 4.88 Å². The molecule has 2 unspecified atom stereocenters. The van der Waals surface area contributed by atoms with Crippen molar-refractivity contribution in [1.82, 2.24) is 4.90 Å². The van der Waals surface area contributed by atoms with E-state index in [1.165, 1.54) is 11.3 Å². The zero-order valence-corrected chi connectivity index (χ0v) is 12.6. The summed E-state index contributed by atoms with van der Waals surface area (Å²) in [6.45, 7) is 2.97. The molecule has 2 rings (SSSR count). The normalized spacial score (nSPS) is 23.4. The van der Waals surface area contributed by atoms with Crippen molar-refractivity contribution in [2.24, 2.45) is 11.8 Å². The van der Waals surface area contributed by atoms with E-state index in [2.05, 4.69) is 0 Å². The fraction of sp³-hybridized carbons (Fsp3) is 0.538. The molecule has 1 fully saturated rings. The Labute approximate surface area is 120 Å². The molecule has 4 nitrogen and oxygen atoms in total. The van der Waals surface area contributed by atoms with E-state index in [0.29, 0.717) is 19.5 Å². The summed E-state index contributed by atoms with van der Waals surface area (Å²) in [5, 5.41) is 11.1. The van der Waals surface area contributed by atoms with E-state index < -0.39 is 11.9 Å². The van der Waals surface area contributed by atoms with Gasteiger partial charge in [-0.25, -0.2) is 0 Å². The largest absolute Gasteiger partial charge is 0.481 e. The predicted molar refractivity (Wildman–Crippen MR) is 76.9 cm³/mol. The summed E-state index contributed by atoms with van der Waals surface area (Å²) in [5.41, 5.74) is 0. The Morgan fingerprint density at radius 1 is 1.47 bits per heavy atom. The van der Waals surface area contributed by atoms with Crippen LogP contribution in [0.2, 0.25) is 0 Å². The lowest BCUT2D eigenvalue weighted by atomic mass is 9.90. The highest BCUT2D eigenvalue weighted by molar-refractivity contribution is 7.98. The highest BCUT2D eigenvalue weighted by Crippen LogP contribution is 2.29. The van der Waals surface area contributed by atoms with E-state index in [1.807, 2.05) is 24.6 Å². The maximum atomic E-state index is 12.5. The molecule has 1 saturated heterocycles. The SMILES string of the molecule is CSc1ccsc1C(=O)N1CC(C)CC(C(=O)O)C1. The minimum atomic E-state index is -0.805. The van der Waals surface area contributed by atoms with E-state index in [0.717, 1.165) is 9.77 Å². The van der Waals surface area contributed by atoms with Crippen LogP contribution in [0.3, 0.4) is 0 Å². The third-order valence-corrected chi connectivity index (χ3v) is 5.15. The van der Waals surface area contributed by atoms with Crippen LogP contribution in [0.4, 0.5) is 0 Å². The fourth-order valence-electron chi connectivity index (χ4n) is 2.45. The molecular weight excluding hydrogens is 282 g/mol. The Kier molecular flexibility index (Phi) is 4.52. The van der Waals surface area contributed by atoms with Crippen LogP contribution in [-0.2, 0) is 4.79 Å². The smallest absolute Gasteiger partial charge is 0.308 e. The summed E-state index contributed by atoms with van der Waals surface area (Å²) >= 11 is 2.98. The maximum Gasteiger partial charge on any atom is 0.308 e. The van der Waals surface area contributed by atoms with Crippen molar-refractivity contribution in [2.45, 2.75) is 18.2 Å². The molecule has 0 aliphatic carbocycles. The third kappa shape index (κ3) is 3.12. The molecule has 1 aromatic rings. The molecule has 0 saturated carbocycles. The van der Waals surface area contributed by atoms with Gasteiger partial charge in [0, 0.05) is 18.0 Å². The molecule has 2 heterocycles. The number of carboxylic acid groups (broad SMARTS) is 1. The Hall–Kier alpha value is -1.01. The summed E-state index contributed by atoms with van der Waals surface area (Å²) in [6, 6.07) is 1.94. The van der Waals surface area contributed by atoms with Crippen LogP contribution in [0, 0.1) is 11.8 Å². The molecule has 19 heavy (non-hydrogen) atoms. The first-order chi connectivity index (χ1) is 9.02. The minimum Gasteiger partial charge on any atom is -0.481 e. The van der Waals surface area contributed by atoms with Crippen molar-refractivity contribution in [3.8, 4) is 0 Å². The Morgan fingerprint density at radius 3 is 2.84 bits per heavy atom. The van der Waals surface area contributed by atoms with Gasteiger partial charge < -0.3 is 10.0 Å². The van der Waals surface area contributed by atoms with Gasteiger partial charge >= 0.3 is 5.97 Å². The molecule has 1 aliphatic rings. The van der Waals surface area contributed by atoms with Crippen LogP contribution in [0.25, 0.3) is 0 Å². The quantitative estimate of drug-likeness (QED) is 0.872. The summed E-state index contributed by atoms with van der Waals surface area (Å²) in [6.07, 6.45) is 2.59. The number of piperidine rings is 1. The summed E-state index contributed by atoms with van der Waals surface area (Å²) in [4.78, 5) is 27.0. The number of carbonyl (C=O) groups is 2. The van der Waals surface area contributed by atoms with Crippen molar-refractivity contribution in [1.29, 1.82) is 0 Å². The molecule has 0 bridgehead atoms. The van der Waals surface area contributed by atoms with Crippen molar-refractivity contribution in [3.05, 3.63) is 16.3 Å². The number of thiophene rings is 1. The van der Waals surface area contributed by atoms with Crippen LogP contribution in [0.1, 0.15) is 23.0 Å². The van der Waals surface area contributed by atoms with E-state index in [4.69, 9.17) is 5.11 Å². The number of likely N-dealkylation sites (tertiary alicyclic amines) is 1. The number of amides is 1. The number of nitrogens with zero attached hydrogens (tertiary/aromatic N) is 1. The van der Waals surface area contributed by atoms with Gasteiger partial charge in [0.25, 0.3) is 5.91 Å². The van der Waals surface area contributed by atoms with Gasteiger partial charge in [0.05, 0.1) is 5.92 Å². The molecule has 2 atom stereocenters. The number of carboxylic acids is 1. The minimum absolute atomic E-state index is 0.0304. The van der Waals surface area contributed by atoms with Gasteiger partial charge in [-0.1, -0.05) is 6.92 Å². The van der Waals surface area contributed by atoms with Crippen LogP contribution in [0.15, 0.2) is 16.3 Å². The zero-order chi connectivity index (χ0) is 14.0. The average molecular weight is 299 g/mol. The second-order valence-corrected chi connectivity index (χ2v) is 6.67. The number of aliphatic carboxylic acids is 1. The number of carbonyl (C=O) groups excluding carboxylic acids is 1. The van der Waals surface area contributed by atoms with E-state index in [9.17, 15) is 9.59 Å². The fourth-order valence-corrected chi connectivity index (χ4v) is 4.17. The van der Waals surface area contributed by atoms with Crippen LogP contribution in [-0.4, -0.2) is 41.2 Å². The second kappa shape index (κ2) is 5.96. The molecule has 0 spiro atoms. The van der Waals surface area contributed by atoms with Crippen molar-refractivity contribution < 1.29 is 14.7 Å². The maximum absolute atomic E-state index is 12.5. The first-order valence-electron chi connectivity index (χ1n) is 6.16. The number of thioether (sulfide) groups is 1. The van der Waals surface area contributed by atoms with Crippen LogP contribution >= 0.6 is 23.1 Å². The van der Waals surface area contributed by atoms with Crippen molar-refractivity contribution in [2.75, 3.05) is 19.3 Å². The van der Waals surface area contributed by atoms with Gasteiger partial charge in [0.2, 0.25) is 0 Å². The lowest BCUT2D eigenvalue weighted by molar-refractivity contribution is -0.143. The Bertz CT molecular complexity index is 486. The highest BCUT2D eigenvalue weighted by Gasteiger charge is 2.33. The first kappa shape index (κ1) is 14.4. The molecule has 1 aliphatic heterocycles. The van der Waals surface area contributed by atoms with Crippen LogP contribution in [0.5, 0.6) is 0 Å². The topological polar surface area (TPSA) is 57.6 Å². The molecule has 1 amide bonds. The van der Waals surface area contributed by atoms with Gasteiger partial charge in [-0.3, -0.25) is 9.59 Å². The third-order valence-electron chi connectivity index (χ3n) is 3.34. The zero-order valence-electron chi connectivity index (χ0n) is 11.0. The molecule has 1 aromatic heterocycles.